The number of amides is 2. The summed E-state index contributed by atoms with van der Waals surface area (Å²) in [6, 6.07) is 17.9. The van der Waals surface area contributed by atoms with Gasteiger partial charge in [-0.3, -0.25) is 9.59 Å². The molecule has 2 heterocycles. The molecule has 0 fully saturated rings. The molecule has 0 spiro atoms. The van der Waals surface area contributed by atoms with Gasteiger partial charge in [0.25, 0.3) is 0 Å². The van der Waals surface area contributed by atoms with Crippen LogP contribution in [-0.4, -0.2) is 27.8 Å². The lowest BCUT2D eigenvalue weighted by Gasteiger charge is -2.37. The highest BCUT2D eigenvalue weighted by Gasteiger charge is 2.32. The third kappa shape index (κ3) is 4.01. The Bertz CT molecular complexity index is 1100. The van der Waals surface area contributed by atoms with Gasteiger partial charge in [0.1, 0.15) is 6.42 Å². The summed E-state index contributed by atoms with van der Waals surface area (Å²) in [7, 11) is 0. The zero-order chi connectivity index (χ0) is 21.3. The van der Waals surface area contributed by atoms with E-state index in [0.717, 1.165) is 34.6 Å². The predicted molar refractivity (Wildman–Crippen MR) is 118 cm³/mol. The third-order valence-electron chi connectivity index (χ3n) is 5.82. The average Bonchev–Trinajstić information content (AvgIpc) is 3.18. The lowest BCUT2D eigenvalue weighted by Crippen LogP contribution is -2.43. The van der Waals surface area contributed by atoms with Crippen LogP contribution < -0.4 is 5.32 Å². The van der Waals surface area contributed by atoms with Crippen LogP contribution in [0.4, 0.5) is 5.69 Å². The van der Waals surface area contributed by atoms with Gasteiger partial charge in [-0.25, -0.2) is 0 Å². The molecule has 0 radical (unpaired) electrons. The summed E-state index contributed by atoms with van der Waals surface area (Å²) in [6.45, 7) is 7.40. The van der Waals surface area contributed by atoms with E-state index in [1.165, 1.54) is 5.56 Å². The van der Waals surface area contributed by atoms with Crippen molar-refractivity contribution in [3.63, 3.8) is 0 Å². The summed E-state index contributed by atoms with van der Waals surface area (Å²) in [6.07, 6.45) is 1.88. The number of rotatable bonds is 4. The maximum atomic E-state index is 13.2. The molecule has 3 aromatic rings. The Hall–Kier alpha value is -3.34. The number of hydrogen-bond donors (Lipinski definition) is 1. The van der Waals surface area contributed by atoms with E-state index in [1.54, 1.807) is 0 Å². The number of aromatic nitrogens is 1. The topological polar surface area (TPSA) is 54.3 Å². The molecule has 154 valence electrons. The lowest BCUT2D eigenvalue weighted by atomic mass is 9.98. The van der Waals surface area contributed by atoms with Crippen LogP contribution in [-0.2, 0) is 16.1 Å². The normalized spacial score (nSPS) is 15.6. The fraction of sp³-hybridized carbons (Fsp3) is 0.280. The van der Waals surface area contributed by atoms with Gasteiger partial charge >= 0.3 is 0 Å². The summed E-state index contributed by atoms with van der Waals surface area (Å²) in [5.41, 5.74) is 6.29. The Kier molecular flexibility index (Phi) is 5.44. The molecule has 0 unspecified atom stereocenters. The van der Waals surface area contributed by atoms with Crippen LogP contribution in [0.5, 0.6) is 0 Å². The zero-order valence-corrected chi connectivity index (χ0v) is 17.7. The minimum Gasteiger partial charge on any atom is -0.348 e. The number of fused-ring (bicyclic) bond motifs is 1. The second-order valence-corrected chi connectivity index (χ2v) is 8.05. The molecule has 5 heteroatoms. The van der Waals surface area contributed by atoms with Gasteiger partial charge in [0.2, 0.25) is 11.8 Å². The van der Waals surface area contributed by atoms with Crippen molar-refractivity contribution in [1.29, 1.82) is 0 Å². The molecule has 0 bridgehead atoms. The monoisotopic (exact) mass is 401 g/mol. The van der Waals surface area contributed by atoms with Gasteiger partial charge in [-0.2, -0.15) is 0 Å². The highest BCUT2D eigenvalue weighted by molar-refractivity contribution is 6.03. The average molecular weight is 402 g/mol. The molecule has 30 heavy (non-hydrogen) atoms. The highest BCUT2D eigenvalue weighted by Crippen LogP contribution is 2.33. The molecule has 0 saturated carbocycles. The Labute approximate surface area is 177 Å². The molecule has 1 N–H and O–H groups in total. The molecule has 0 aliphatic carbocycles. The highest BCUT2D eigenvalue weighted by atomic mass is 16.2. The van der Waals surface area contributed by atoms with Crippen LogP contribution in [0.2, 0.25) is 0 Å². The van der Waals surface area contributed by atoms with Crippen LogP contribution in [0.15, 0.2) is 60.8 Å². The van der Waals surface area contributed by atoms with Crippen LogP contribution in [0.3, 0.4) is 0 Å². The molecule has 1 atom stereocenters. The quantitative estimate of drug-likeness (QED) is 0.660. The molecular weight excluding hydrogens is 374 g/mol. The number of carbonyl (C=O) groups is 2. The van der Waals surface area contributed by atoms with Crippen molar-refractivity contribution in [1.82, 2.24) is 9.47 Å². The van der Waals surface area contributed by atoms with Crippen molar-refractivity contribution in [3.8, 4) is 0 Å². The van der Waals surface area contributed by atoms with Crippen LogP contribution in [0.1, 0.15) is 40.4 Å². The number of benzene rings is 2. The van der Waals surface area contributed by atoms with Gasteiger partial charge in [0.15, 0.2) is 0 Å². The van der Waals surface area contributed by atoms with E-state index in [4.69, 9.17) is 0 Å². The molecule has 0 saturated heterocycles. The van der Waals surface area contributed by atoms with E-state index in [1.807, 2.05) is 55.3 Å². The lowest BCUT2D eigenvalue weighted by molar-refractivity contribution is -0.136. The molecule has 4 rings (SSSR count). The summed E-state index contributed by atoms with van der Waals surface area (Å²) >= 11 is 0. The summed E-state index contributed by atoms with van der Waals surface area (Å²) in [4.78, 5) is 27.6. The van der Waals surface area contributed by atoms with E-state index in [-0.39, 0.29) is 24.3 Å². The first-order chi connectivity index (χ1) is 14.4. The van der Waals surface area contributed by atoms with Crippen molar-refractivity contribution in [2.24, 2.45) is 0 Å². The van der Waals surface area contributed by atoms with Crippen LogP contribution in [0.25, 0.3) is 0 Å². The van der Waals surface area contributed by atoms with Crippen LogP contribution >= 0.6 is 0 Å². The third-order valence-corrected chi connectivity index (χ3v) is 5.82. The second-order valence-electron chi connectivity index (χ2n) is 8.05. The molecule has 1 aliphatic heterocycles. The minimum atomic E-state index is -0.285. The maximum Gasteiger partial charge on any atom is 0.233 e. The Morgan fingerprint density at radius 1 is 0.967 bits per heavy atom. The molecule has 5 nitrogen and oxygen atoms in total. The minimum absolute atomic E-state index is 0.157. The molecule has 2 aromatic carbocycles. The Morgan fingerprint density at radius 2 is 1.80 bits per heavy atom. The maximum absolute atomic E-state index is 13.2. The molecule has 1 aliphatic rings. The first-order valence-electron chi connectivity index (χ1n) is 10.3. The standard InChI is InChI=1S/C25H27N3O2/c1-17-6-4-7-20(14-17)25-22-8-5-11-27(22)12-13-28(25)24(30)16-23(29)26-21-10-9-18(2)19(3)15-21/h4-11,14-15,25H,12-13,16H2,1-3H3,(H,26,29)/t25-/m0/s1. The van der Waals surface area contributed by atoms with Crippen molar-refractivity contribution >= 4 is 17.5 Å². The van der Waals surface area contributed by atoms with Gasteiger partial charge in [0, 0.05) is 30.7 Å². The smallest absolute Gasteiger partial charge is 0.233 e. The number of carbonyl (C=O) groups excluding carboxylic acids is 2. The summed E-state index contributed by atoms with van der Waals surface area (Å²) in [5.74, 6) is -0.442. The molecular formula is C25H27N3O2. The fourth-order valence-electron chi connectivity index (χ4n) is 4.11. The number of nitrogens with one attached hydrogen (secondary N) is 1. The predicted octanol–water partition coefficient (Wildman–Crippen LogP) is 4.37. The van der Waals surface area contributed by atoms with Crippen molar-refractivity contribution in [2.45, 2.75) is 39.8 Å². The largest absolute Gasteiger partial charge is 0.348 e. The van der Waals surface area contributed by atoms with Crippen LogP contribution in [0, 0.1) is 20.8 Å². The first-order valence-corrected chi connectivity index (χ1v) is 10.3. The van der Waals surface area contributed by atoms with Gasteiger partial charge in [-0.15, -0.1) is 0 Å². The van der Waals surface area contributed by atoms with Gasteiger partial charge in [-0.1, -0.05) is 35.9 Å². The SMILES string of the molecule is Cc1cccc([C@H]2c3cccn3CCN2C(=O)CC(=O)Nc2ccc(C)c(C)c2)c1. The van der Waals surface area contributed by atoms with Crippen molar-refractivity contribution in [3.05, 3.63) is 88.7 Å². The summed E-state index contributed by atoms with van der Waals surface area (Å²) < 4.78 is 2.19. The molecule has 1 aromatic heterocycles. The zero-order valence-electron chi connectivity index (χ0n) is 17.7. The van der Waals surface area contributed by atoms with Gasteiger partial charge < -0.3 is 14.8 Å². The van der Waals surface area contributed by atoms with Gasteiger partial charge in [0.05, 0.1) is 6.04 Å². The van der Waals surface area contributed by atoms with E-state index >= 15 is 0 Å². The van der Waals surface area contributed by atoms with E-state index in [9.17, 15) is 9.59 Å². The number of anilines is 1. The molecule has 2 amide bonds. The van der Waals surface area contributed by atoms with E-state index in [2.05, 4.69) is 41.1 Å². The second kappa shape index (κ2) is 8.19. The number of hydrogen-bond acceptors (Lipinski definition) is 2. The number of aryl methyl sites for hydroxylation is 3. The van der Waals surface area contributed by atoms with E-state index < -0.39 is 0 Å². The fourth-order valence-corrected chi connectivity index (χ4v) is 4.11. The Morgan fingerprint density at radius 3 is 2.57 bits per heavy atom. The Balaban J connectivity index is 1.54. The van der Waals surface area contributed by atoms with Gasteiger partial charge in [-0.05, 0) is 61.7 Å². The van der Waals surface area contributed by atoms with E-state index in [0.29, 0.717) is 6.54 Å². The number of nitrogens with zero attached hydrogens (tertiary/aromatic N) is 2. The first kappa shape index (κ1) is 20.0. The van der Waals surface area contributed by atoms with Crippen molar-refractivity contribution in [2.75, 3.05) is 11.9 Å². The summed E-state index contributed by atoms with van der Waals surface area (Å²) in [5, 5.41) is 2.87. The van der Waals surface area contributed by atoms with Crippen molar-refractivity contribution < 1.29 is 9.59 Å².